The van der Waals surface area contributed by atoms with Crippen LogP contribution in [0.3, 0.4) is 0 Å². The van der Waals surface area contributed by atoms with Gasteiger partial charge in [0.1, 0.15) is 5.82 Å². The fourth-order valence-electron chi connectivity index (χ4n) is 2.69. The molecule has 1 nitrogen and oxygen atoms in total. The molecule has 1 atom stereocenters. The normalized spacial score (nSPS) is 12.3. The molecule has 1 N–H and O–H groups in total. The second kappa shape index (κ2) is 8.58. The summed E-state index contributed by atoms with van der Waals surface area (Å²) in [6.07, 6.45) is 4.03. The Kier molecular flexibility index (Phi) is 6.42. The minimum atomic E-state index is -0.0940. The number of nitrogens with one attached hydrogen (secondary N) is 1. The van der Waals surface area contributed by atoms with E-state index in [1.807, 2.05) is 18.2 Å². The first-order valence-electron chi connectivity index (χ1n) is 7.80. The van der Waals surface area contributed by atoms with Crippen LogP contribution in [0.2, 0.25) is 0 Å². The van der Waals surface area contributed by atoms with Crippen LogP contribution in [0.25, 0.3) is 0 Å². The van der Waals surface area contributed by atoms with Crippen molar-refractivity contribution in [3.05, 3.63) is 71.5 Å². The Hall–Kier alpha value is -1.67. The fraction of sp³-hybridized carbons (Fsp3) is 0.368. The van der Waals surface area contributed by atoms with Crippen LogP contribution in [0.1, 0.15) is 30.9 Å². The summed E-state index contributed by atoms with van der Waals surface area (Å²) in [4.78, 5) is 0. The van der Waals surface area contributed by atoms with Crippen molar-refractivity contribution in [3.63, 3.8) is 0 Å². The van der Waals surface area contributed by atoms with Gasteiger partial charge in [-0.05, 0) is 49.4 Å². The minimum Gasteiger partial charge on any atom is -0.314 e. The van der Waals surface area contributed by atoms with Gasteiger partial charge in [0.25, 0.3) is 0 Å². The second-order valence-corrected chi connectivity index (χ2v) is 5.43. The number of benzene rings is 2. The van der Waals surface area contributed by atoms with E-state index < -0.39 is 0 Å². The Morgan fingerprint density at radius 2 is 1.71 bits per heavy atom. The first-order chi connectivity index (χ1) is 10.3. The van der Waals surface area contributed by atoms with Gasteiger partial charge in [-0.3, -0.25) is 0 Å². The Balaban J connectivity index is 1.86. The first kappa shape index (κ1) is 15.7. The fourth-order valence-corrected chi connectivity index (χ4v) is 2.69. The summed E-state index contributed by atoms with van der Waals surface area (Å²) in [5.74, 6) is -0.0940. The molecule has 2 rings (SSSR count). The topological polar surface area (TPSA) is 12.0 Å². The van der Waals surface area contributed by atoms with E-state index in [1.165, 1.54) is 5.56 Å². The van der Waals surface area contributed by atoms with E-state index in [-0.39, 0.29) is 5.82 Å². The van der Waals surface area contributed by atoms with Gasteiger partial charge in [-0.1, -0.05) is 55.5 Å². The highest BCUT2D eigenvalue weighted by Crippen LogP contribution is 2.13. The number of halogens is 1. The Labute approximate surface area is 127 Å². The smallest absolute Gasteiger partial charge is 0.126 e. The van der Waals surface area contributed by atoms with Gasteiger partial charge in [0.2, 0.25) is 0 Å². The van der Waals surface area contributed by atoms with E-state index in [0.717, 1.165) is 37.8 Å². The van der Waals surface area contributed by atoms with E-state index in [1.54, 1.807) is 12.1 Å². The van der Waals surface area contributed by atoms with Crippen molar-refractivity contribution in [2.75, 3.05) is 6.54 Å². The molecule has 0 aliphatic rings. The number of likely N-dealkylation sites (N-methyl/N-ethyl adjacent to an activating group) is 1. The zero-order chi connectivity index (χ0) is 14.9. The SMILES string of the molecule is CCNC(CCCc1ccccc1)Cc1ccccc1F. The van der Waals surface area contributed by atoms with Crippen LogP contribution in [-0.2, 0) is 12.8 Å². The maximum atomic E-state index is 13.7. The monoisotopic (exact) mass is 285 g/mol. The van der Waals surface area contributed by atoms with Crippen LogP contribution >= 0.6 is 0 Å². The highest BCUT2D eigenvalue weighted by atomic mass is 19.1. The highest BCUT2D eigenvalue weighted by molar-refractivity contribution is 5.18. The molecule has 0 radical (unpaired) electrons. The molecule has 0 saturated carbocycles. The van der Waals surface area contributed by atoms with E-state index >= 15 is 0 Å². The largest absolute Gasteiger partial charge is 0.314 e. The van der Waals surface area contributed by atoms with Gasteiger partial charge in [-0.25, -0.2) is 4.39 Å². The summed E-state index contributed by atoms with van der Waals surface area (Å²) in [5.41, 5.74) is 2.18. The lowest BCUT2D eigenvalue weighted by molar-refractivity contribution is 0.467. The molecule has 112 valence electrons. The standard InChI is InChI=1S/C19H24FN/c1-2-21-18(15-17-12-6-7-14-19(17)20)13-8-11-16-9-4-3-5-10-16/h3-7,9-10,12,14,18,21H,2,8,11,13,15H2,1H3. The van der Waals surface area contributed by atoms with Crippen molar-refractivity contribution < 1.29 is 4.39 Å². The average Bonchev–Trinajstić information content (AvgIpc) is 2.51. The molecular weight excluding hydrogens is 261 g/mol. The molecule has 0 aliphatic heterocycles. The molecule has 1 unspecified atom stereocenters. The summed E-state index contributed by atoms with van der Waals surface area (Å²) in [6, 6.07) is 18.0. The summed E-state index contributed by atoms with van der Waals surface area (Å²) in [5, 5.41) is 3.48. The number of aryl methyl sites for hydroxylation is 1. The van der Waals surface area contributed by atoms with Crippen molar-refractivity contribution in [3.8, 4) is 0 Å². The molecule has 0 amide bonds. The molecule has 0 aliphatic carbocycles. The number of hydrogen-bond donors (Lipinski definition) is 1. The molecule has 0 heterocycles. The van der Waals surface area contributed by atoms with E-state index in [2.05, 4.69) is 36.5 Å². The Morgan fingerprint density at radius 3 is 2.43 bits per heavy atom. The van der Waals surface area contributed by atoms with Crippen molar-refractivity contribution in [1.29, 1.82) is 0 Å². The molecular formula is C19H24FN. The molecule has 0 fully saturated rings. The lowest BCUT2D eigenvalue weighted by atomic mass is 9.99. The number of hydrogen-bond acceptors (Lipinski definition) is 1. The molecule has 0 spiro atoms. The molecule has 0 saturated heterocycles. The van der Waals surface area contributed by atoms with E-state index in [9.17, 15) is 4.39 Å². The third-order valence-corrected chi connectivity index (χ3v) is 3.78. The Bertz CT molecular complexity index is 524. The summed E-state index contributed by atoms with van der Waals surface area (Å²) >= 11 is 0. The average molecular weight is 285 g/mol. The molecule has 0 aromatic heterocycles. The van der Waals surface area contributed by atoms with Gasteiger partial charge in [-0.2, -0.15) is 0 Å². The van der Waals surface area contributed by atoms with Crippen LogP contribution in [-0.4, -0.2) is 12.6 Å². The van der Waals surface area contributed by atoms with Gasteiger partial charge >= 0.3 is 0 Å². The van der Waals surface area contributed by atoms with Gasteiger partial charge < -0.3 is 5.32 Å². The van der Waals surface area contributed by atoms with Gasteiger partial charge in [0, 0.05) is 6.04 Å². The third-order valence-electron chi connectivity index (χ3n) is 3.78. The zero-order valence-electron chi connectivity index (χ0n) is 12.7. The Morgan fingerprint density at radius 1 is 1.00 bits per heavy atom. The maximum Gasteiger partial charge on any atom is 0.126 e. The first-order valence-corrected chi connectivity index (χ1v) is 7.80. The minimum absolute atomic E-state index is 0.0940. The molecule has 2 heteroatoms. The van der Waals surface area contributed by atoms with Crippen LogP contribution in [0.4, 0.5) is 4.39 Å². The molecule has 21 heavy (non-hydrogen) atoms. The lowest BCUT2D eigenvalue weighted by Crippen LogP contribution is -2.31. The van der Waals surface area contributed by atoms with Crippen molar-refractivity contribution in [2.24, 2.45) is 0 Å². The van der Waals surface area contributed by atoms with E-state index in [4.69, 9.17) is 0 Å². The zero-order valence-corrected chi connectivity index (χ0v) is 12.7. The number of rotatable bonds is 8. The second-order valence-electron chi connectivity index (χ2n) is 5.43. The van der Waals surface area contributed by atoms with Crippen LogP contribution in [0.15, 0.2) is 54.6 Å². The maximum absolute atomic E-state index is 13.7. The predicted octanol–water partition coefficient (Wildman–Crippen LogP) is 4.37. The summed E-state index contributed by atoms with van der Waals surface area (Å²) in [7, 11) is 0. The van der Waals surface area contributed by atoms with Crippen molar-refractivity contribution in [1.82, 2.24) is 5.32 Å². The highest BCUT2D eigenvalue weighted by Gasteiger charge is 2.11. The third kappa shape index (κ3) is 5.31. The van der Waals surface area contributed by atoms with Crippen LogP contribution in [0, 0.1) is 5.82 Å². The van der Waals surface area contributed by atoms with Crippen molar-refractivity contribution >= 4 is 0 Å². The quantitative estimate of drug-likeness (QED) is 0.759. The van der Waals surface area contributed by atoms with Crippen LogP contribution in [0.5, 0.6) is 0 Å². The van der Waals surface area contributed by atoms with Gasteiger partial charge in [0.15, 0.2) is 0 Å². The van der Waals surface area contributed by atoms with E-state index in [0.29, 0.717) is 6.04 Å². The van der Waals surface area contributed by atoms with Crippen molar-refractivity contribution in [2.45, 2.75) is 38.6 Å². The predicted molar refractivity (Wildman–Crippen MR) is 86.9 cm³/mol. The van der Waals surface area contributed by atoms with Gasteiger partial charge in [0.05, 0.1) is 0 Å². The van der Waals surface area contributed by atoms with Gasteiger partial charge in [-0.15, -0.1) is 0 Å². The molecule has 2 aromatic rings. The lowest BCUT2D eigenvalue weighted by Gasteiger charge is -2.18. The summed E-state index contributed by atoms with van der Waals surface area (Å²) < 4.78 is 13.7. The molecule has 0 bridgehead atoms. The summed E-state index contributed by atoms with van der Waals surface area (Å²) in [6.45, 7) is 3.02. The van der Waals surface area contributed by atoms with Crippen LogP contribution < -0.4 is 5.32 Å². The molecule has 2 aromatic carbocycles.